The molecule has 0 aliphatic carbocycles. The molecule has 0 radical (unpaired) electrons. The minimum Gasteiger partial charge on any atom is -0.497 e. The second-order valence-electron chi connectivity index (χ2n) is 5.96. The van der Waals surface area contributed by atoms with Crippen molar-refractivity contribution in [2.24, 2.45) is 0 Å². The molecule has 0 saturated heterocycles. The van der Waals surface area contributed by atoms with E-state index in [2.05, 4.69) is 15.5 Å². The largest absolute Gasteiger partial charge is 0.497 e. The van der Waals surface area contributed by atoms with E-state index in [4.69, 9.17) is 20.8 Å². The van der Waals surface area contributed by atoms with Gasteiger partial charge in [-0.05, 0) is 48.4 Å². The molecule has 27 heavy (non-hydrogen) atoms. The average Bonchev–Trinajstić information content (AvgIpc) is 3.16. The van der Waals surface area contributed by atoms with Crippen molar-refractivity contribution in [3.05, 3.63) is 65.0 Å². The van der Waals surface area contributed by atoms with Gasteiger partial charge in [0.25, 0.3) is 0 Å². The number of benzene rings is 2. The van der Waals surface area contributed by atoms with E-state index in [1.54, 1.807) is 7.11 Å². The molecule has 7 heteroatoms. The number of amides is 1. The first-order chi connectivity index (χ1) is 13.1. The van der Waals surface area contributed by atoms with Crippen LogP contribution in [0, 0.1) is 0 Å². The van der Waals surface area contributed by atoms with Crippen LogP contribution in [0.25, 0.3) is 11.5 Å². The Kier molecular flexibility index (Phi) is 6.44. The summed E-state index contributed by atoms with van der Waals surface area (Å²) in [5.41, 5.74) is 1.89. The van der Waals surface area contributed by atoms with E-state index in [0.717, 1.165) is 23.3 Å². The Balaban J connectivity index is 1.44. The van der Waals surface area contributed by atoms with Crippen molar-refractivity contribution < 1.29 is 13.9 Å². The fourth-order valence-electron chi connectivity index (χ4n) is 2.55. The predicted molar refractivity (Wildman–Crippen MR) is 103 cm³/mol. The van der Waals surface area contributed by atoms with Crippen LogP contribution in [-0.4, -0.2) is 29.8 Å². The smallest absolute Gasteiger partial charge is 0.247 e. The van der Waals surface area contributed by atoms with E-state index in [-0.39, 0.29) is 5.91 Å². The highest BCUT2D eigenvalue weighted by molar-refractivity contribution is 6.30. The number of ether oxygens (including phenoxy) is 1. The van der Waals surface area contributed by atoms with Gasteiger partial charge in [-0.15, -0.1) is 10.2 Å². The van der Waals surface area contributed by atoms with Gasteiger partial charge in [0, 0.05) is 30.0 Å². The van der Waals surface area contributed by atoms with Crippen LogP contribution < -0.4 is 10.1 Å². The van der Waals surface area contributed by atoms with Crippen LogP contribution in [0.15, 0.2) is 52.9 Å². The molecule has 1 heterocycles. The fraction of sp³-hybridized carbons (Fsp3) is 0.250. The zero-order valence-corrected chi connectivity index (χ0v) is 15.7. The van der Waals surface area contributed by atoms with Crippen molar-refractivity contribution in [1.29, 1.82) is 0 Å². The SMILES string of the molecule is COc1ccc(-c2nnc(CCC(=O)NCCc3cccc(Cl)c3)o2)cc1. The van der Waals surface area contributed by atoms with Crippen molar-refractivity contribution in [3.63, 3.8) is 0 Å². The lowest BCUT2D eigenvalue weighted by Crippen LogP contribution is -2.25. The first-order valence-electron chi connectivity index (χ1n) is 8.62. The van der Waals surface area contributed by atoms with Crippen molar-refractivity contribution >= 4 is 17.5 Å². The number of hydrogen-bond acceptors (Lipinski definition) is 5. The van der Waals surface area contributed by atoms with E-state index in [1.165, 1.54) is 0 Å². The Bertz CT molecular complexity index is 893. The van der Waals surface area contributed by atoms with Crippen LogP contribution in [0.1, 0.15) is 17.9 Å². The number of nitrogens with zero attached hydrogens (tertiary/aromatic N) is 2. The molecule has 3 rings (SSSR count). The Hall–Kier alpha value is -2.86. The van der Waals surface area contributed by atoms with E-state index in [1.807, 2.05) is 48.5 Å². The van der Waals surface area contributed by atoms with Crippen molar-refractivity contribution in [2.75, 3.05) is 13.7 Å². The monoisotopic (exact) mass is 385 g/mol. The number of aryl methyl sites for hydroxylation is 1. The molecular formula is C20H20ClN3O3. The van der Waals surface area contributed by atoms with Crippen LogP contribution >= 0.6 is 11.6 Å². The first-order valence-corrected chi connectivity index (χ1v) is 9.00. The molecule has 0 bridgehead atoms. The van der Waals surface area contributed by atoms with Crippen LogP contribution in [0.4, 0.5) is 0 Å². The third kappa shape index (κ3) is 5.56. The predicted octanol–water partition coefficient (Wildman–Crippen LogP) is 3.69. The third-order valence-corrected chi connectivity index (χ3v) is 4.23. The first kappa shape index (κ1) is 18.9. The molecule has 3 aromatic rings. The number of carbonyl (C=O) groups excluding carboxylic acids is 1. The molecule has 0 fully saturated rings. The molecule has 1 aromatic heterocycles. The summed E-state index contributed by atoms with van der Waals surface area (Å²) in [6, 6.07) is 14.9. The Labute approximate surface area is 162 Å². The Morgan fingerprint density at radius 1 is 1.15 bits per heavy atom. The number of carbonyl (C=O) groups is 1. The van der Waals surface area contributed by atoms with Gasteiger partial charge in [0.1, 0.15) is 5.75 Å². The van der Waals surface area contributed by atoms with Gasteiger partial charge < -0.3 is 14.5 Å². The van der Waals surface area contributed by atoms with Crippen LogP contribution in [-0.2, 0) is 17.6 Å². The summed E-state index contributed by atoms with van der Waals surface area (Å²) < 4.78 is 10.7. The van der Waals surface area contributed by atoms with E-state index in [0.29, 0.717) is 36.2 Å². The average molecular weight is 386 g/mol. The molecule has 6 nitrogen and oxygen atoms in total. The molecule has 2 aromatic carbocycles. The summed E-state index contributed by atoms with van der Waals surface area (Å²) in [4.78, 5) is 12.0. The van der Waals surface area contributed by atoms with E-state index >= 15 is 0 Å². The maximum absolute atomic E-state index is 12.0. The maximum atomic E-state index is 12.0. The van der Waals surface area contributed by atoms with E-state index in [9.17, 15) is 4.79 Å². The summed E-state index contributed by atoms with van der Waals surface area (Å²) in [5.74, 6) is 1.56. The molecule has 1 N–H and O–H groups in total. The maximum Gasteiger partial charge on any atom is 0.247 e. The summed E-state index contributed by atoms with van der Waals surface area (Å²) in [6.07, 6.45) is 1.42. The lowest BCUT2D eigenvalue weighted by atomic mass is 10.1. The van der Waals surface area contributed by atoms with Gasteiger partial charge in [-0.1, -0.05) is 23.7 Å². The number of nitrogens with one attached hydrogen (secondary N) is 1. The number of aromatic nitrogens is 2. The highest BCUT2D eigenvalue weighted by atomic mass is 35.5. The van der Waals surface area contributed by atoms with Crippen LogP contribution in [0.2, 0.25) is 5.02 Å². The summed E-state index contributed by atoms with van der Waals surface area (Å²) in [7, 11) is 1.61. The van der Waals surface area contributed by atoms with Crippen molar-refractivity contribution in [1.82, 2.24) is 15.5 Å². The highest BCUT2D eigenvalue weighted by Gasteiger charge is 2.10. The number of halogens is 1. The molecule has 0 unspecified atom stereocenters. The second-order valence-corrected chi connectivity index (χ2v) is 6.40. The summed E-state index contributed by atoms with van der Waals surface area (Å²) >= 11 is 5.95. The fourth-order valence-corrected chi connectivity index (χ4v) is 2.77. The normalized spacial score (nSPS) is 10.6. The topological polar surface area (TPSA) is 77.2 Å². The van der Waals surface area contributed by atoms with E-state index < -0.39 is 0 Å². The zero-order chi connectivity index (χ0) is 19.1. The van der Waals surface area contributed by atoms with Gasteiger partial charge in [0.05, 0.1) is 7.11 Å². The minimum absolute atomic E-state index is 0.0544. The minimum atomic E-state index is -0.0544. The standard InChI is InChI=1S/C20H20ClN3O3/c1-26-17-7-5-15(6-8-17)20-24-23-19(27-20)10-9-18(25)22-12-11-14-3-2-4-16(21)13-14/h2-8,13H,9-12H2,1H3,(H,22,25). The zero-order valence-electron chi connectivity index (χ0n) is 14.9. The van der Waals surface area contributed by atoms with Gasteiger partial charge in [0.15, 0.2) is 0 Å². The number of methoxy groups -OCH3 is 1. The molecule has 1 amide bonds. The lowest BCUT2D eigenvalue weighted by molar-refractivity contribution is -0.121. The number of rotatable bonds is 8. The third-order valence-electron chi connectivity index (χ3n) is 3.99. The summed E-state index contributed by atoms with van der Waals surface area (Å²) in [6.45, 7) is 0.556. The van der Waals surface area contributed by atoms with Gasteiger partial charge in [0.2, 0.25) is 17.7 Å². The van der Waals surface area contributed by atoms with Gasteiger partial charge in [-0.25, -0.2) is 0 Å². The highest BCUT2D eigenvalue weighted by Crippen LogP contribution is 2.21. The van der Waals surface area contributed by atoms with Crippen LogP contribution in [0.5, 0.6) is 5.75 Å². The Morgan fingerprint density at radius 2 is 1.96 bits per heavy atom. The number of hydrogen-bond donors (Lipinski definition) is 1. The molecular weight excluding hydrogens is 366 g/mol. The van der Waals surface area contributed by atoms with Gasteiger partial charge >= 0.3 is 0 Å². The molecule has 0 atom stereocenters. The van der Waals surface area contributed by atoms with Crippen molar-refractivity contribution in [3.8, 4) is 17.2 Å². The van der Waals surface area contributed by atoms with Gasteiger partial charge in [-0.2, -0.15) is 0 Å². The molecule has 0 spiro atoms. The summed E-state index contributed by atoms with van der Waals surface area (Å²) in [5, 5.41) is 11.6. The molecule has 0 saturated carbocycles. The second kappa shape index (κ2) is 9.19. The molecule has 0 aliphatic rings. The van der Waals surface area contributed by atoms with Crippen molar-refractivity contribution in [2.45, 2.75) is 19.3 Å². The molecule has 140 valence electrons. The molecule has 0 aliphatic heterocycles. The van der Waals surface area contributed by atoms with Gasteiger partial charge in [-0.3, -0.25) is 4.79 Å². The lowest BCUT2D eigenvalue weighted by Gasteiger charge is -2.05. The van der Waals surface area contributed by atoms with Crippen LogP contribution in [0.3, 0.4) is 0 Å². The Morgan fingerprint density at radius 3 is 2.70 bits per heavy atom. The quantitative estimate of drug-likeness (QED) is 0.639.